The van der Waals surface area contributed by atoms with Crippen molar-refractivity contribution in [1.29, 1.82) is 0 Å². The van der Waals surface area contributed by atoms with Gasteiger partial charge in [-0.2, -0.15) is 0 Å². The molecule has 7 heteroatoms. The fourth-order valence-corrected chi connectivity index (χ4v) is 4.53. The van der Waals surface area contributed by atoms with Crippen molar-refractivity contribution in [3.05, 3.63) is 29.5 Å². The van der Waals surface area contributed by atoms with Crippen molar-refractivity contribution in [3.8, 4) is 0 Å². The first-order valence-corrected chi connectivity index (χ1v) is 8.91. The number of imidazole rings is 1. The third-order valence-corrected chi connectivity index (χ3v) is 5.75. The largest absolute Gasteiger partial charge is 0.288 e. The van der Waals surface area contributed by atoms with E-state index in [2.05, 4.69) is 23.6 Å². The minimum Gasteiger partial charge on any atom is -0.288 e. The van der Waals surface area contributed by atoms with Crippen molar-refractivity contribution in [2.24, 2.45) is 5.92 Å². The maximum atomic E-state index is 12.6. The Morgan fingerprint density at radius 2 is 2.00 bits per heavy atom. The second-order valence-electron chi connectivity index (χ2n) is 5.12. The molecule has 0 aliphatic carbocycles. The van der Waals surface area contributed by atoms with Crippen molar-refractivity contribution in [3.63, 3.8) is 0 Å². The average Bonchev–Trinajstić information content (AvgIpc) is 2.75. The quantitative estimate of drug-likeness (QED) is 0.885. The van der Waals surface area contributed by atoms with E-state index in [-0.39, 0.29) is 22.1 Å². The van der Waals surface area contributed by atoms with E-state index in [0.29, 0.717) is 5.65 Å². The van der Waals surface area contributed by atoms with Gasteiger partial charge in [-0.15, -0.1) is 0 Å². The summed E-state index contributed by atoms with van der Waals surface area (Å²) in [6.07, 6.45) is 3.48. The standard InChI is InChI=1S/C14H20ClN3O2S/c1-4-11(5-2)10(3)17-21(19,20)14-13(15)16-12-8-6-7-9-18(12)14/h6-11,17H,4-5H2,1-3H3. The normalized spacial score (nSPS) is 14.0. The predicted molar refractivity (Wildman–Crippen MR) is 84.1 cm³/mol. The molecule has 2 aromatic rings. The van der Waals surface area contributed by atoms with E-state index < -0.39 is 10.0 Å². The first-order valence-electron chi connectivity index (χ1n) is 7.05. The fraction of sp³-hybridized carbons (Fsp3) is 0.500. The molecule has 2 heterocycles. The molecule has 1 N–H and O–H groups in total. The molecular formula is C14H20ClN3O2S. The zero-order valence-corrected chi connectivity index (χ0v) is 13.9. The second kappa shape index (κ2) is 6.34. The third-order valence-electron chi connectivity index (χ3n) is 3.80. The lowest BCUT2D eigenvalue weighted by atomic mass is 9.96. The Bertz CT molecular complexity index is 723. The van der Waals surface area contributed by atoms with Crippen LogP contribution in [0.2, 0.25) is 5.15 Å². The number of nitrogens with one attached hydrogen (secondary N) is 1. The molecule has 0 bridgehead atoms. The summed E-state index contributed by atoms with van der Waals surface area (Å²) in [6.45, 7) is 5.99. The molecule has 0 aromatic carbocycles. The van der Waals surface area contributed by atoms with Crippen LogP contribution in [-0.4, -0.2) is 23.8 Å². The highest BCUT2D eigenvalue weighted by Gasteiger charge is 2.27. The monoisotopic (exact) mass is 329 g/mol. The van der Waals surface area contributed by atoms with Crippen LogP contribution in [0.15, 0.2) is 29.4 Å². The SMILES string of the molecule is CCC(CC)C(C)NS(=O)(=O)c1c(Cl)nc2ccccn12. The zero-order valence-electron chi connectivity index (χ0n) is 12.4. The summed E-state index contributed by atoms with van der Waals surface area (Å²) in [6, 6.07) is 5.09. The van der Waals surface area contributed by atoms with Crippen molar-refractivity contribution in [1.82, 2.24) is 14.1 Å². The summed E-state index contributed by atoms with van der Waals surface area (Å²) >= 11 is 6.03. The predicted octanol–water partition coefficient (Wildman–Crippen LogP) is 3.09. The second-order valence-corrected chi connectivity index (χ2v) is 7.11. The van der Waals surface area contributed by atoms with Gasteiger partial charge in [0.05, 0.1) is 0 Å². The molecule has 0 radical (unpaired) electrons. The Morgan fingerprint density at radius 3 is 2.62 bits per heavy atom. The van der Waals surface area contributed by atoms with Gasteiger partial charge in [0.1, 0.15) is 5.65 Å². The summed E-state index contributed by atoms with van der Waals surface area (Å²) in [7, 11) is -3.72. The van der Waals surface area contributed by atoms with Gasteiger partial charge >= 0.3 is 0 Å². The Balaban J connectivity index is 2.41. The van der Waals surface area contributed by atoms with E-state index in [9.17, 15) is 8.42 Å². The maximum Gasteiger partial charge on any atom is 0.260 e. The van der Waals surface area contributed by atoms with Gasteiger partial charge in [0.15, 0.2) is 10.2 Å². The molecule has 0 amide bonds. The van der Waals surface area contributed by atoms with Crippen molar-refractivity contribution >= 4 is 27.3 Å². The van der Waals surface area contributed by atoms with Gasteiger partial charge in [-0.25, -0.2) is 18.1 Å². The Kier molecular flexibility index (Phi) is 4.91. The first-order chi connectivity index (χ1) is 9.90. The molecule has 2 aromatic heterocycles. The first kappa shape index (κ1) is 16.3. The van der Waals surface area contributed by atoms with Crippen LogP contribution in [0.4, 0.5) is 0 Å². The minimum atomic E-state index is -3.72. The summed E-state index contributed by atoms with van der Waals surface area (Å²) in [5.74, 6) is 0.290. The van der Waals surface area contributed by atoms with Gasteiger partial charge in [-0.1, -0.05) is 44.4 Å². The molecule has 0 spiro atoms. The van der Waals surface area contributed by atoms with Crippen LogP contribution < -0.4 is 4.72 Å². The van der Waals surface area contributed by atoms with E-state index in [1.807, 2.05) is 6.92 Å². The summed E-state index contributed by atoms with van der Waals surface area (Å²) in [5.41, 5.74) is 0.512. The highest BCUT2D eigenvalue weighted by atomic mass is 35.5. The van der Waals surface area contributed by atoms with E-state index >= 15 is 0 Å². The molecule has 0 saturated carbocycles. The molecule has 0 fully saturated rings. The highest BCUT2D eigenvalue weighted by Crippen LogP contribution is 2.24. The molecule has 1 unspecified atom stereocenters. The Labute approximate surface area is 130 Å². The van der Waals surface area contributed by atoms with Crippen LogP contribution >= 0.6 is 11.6 Å². The zero-order chi connectivity index (χ0) is 15.6. The lowest BCUT2D eigenvalue weighted by molar-refractivity contribution is 0.390. The number of sulfonamides is 1. The fourth-order valence-electron chi connectivity index (χ4n) is 2.58. The maximum absolute atomic E-state index is 12.6. The summed E-state index contributed by atoms with van der Waals surface area (Å²) in [5, 5.41) is -0.0111. The smallest absolute Gasteiger partial charge is 0.260 e. The number of fused-ring (bicyclic) bond motifs is 1. The number of halogens is 1. The average molecular weight is 330 g/mol. The number of nitrogens with zero attached hydrogens (tertiary/aromatic N) is 2. The third kappa shape index (κ3) is 3.22. The number of hydrogen-bond acceptors (Lipinski definition) is 3. The van der Waals surface area contributed by atoms with Gasteiger partial charge in [0.25, 0.3) is 10.0 Å². The Hall–Kier alpha value is -1.11. The molecule has 0 aliphatic rings. The van der Waals surface area contributed by atoms with E-state index in [0.717, 1.165) is 12.8 Å². The minimum absolute atomic E-state index is 0.00225. The van der Waals surface area contributed by atoms with Crippen LogP contribution in [0.5, 0.6) is 0 Å². The van der Waals surface area contributed by atoms with Gasteiger partial charge in [0, 0.05) is 12.2 Å². The summed E-state index contributed by atoms with van der Waals surface area (Å²) < 4.78 is 29.4. The number of rotatable bonds is 6. The molecule has 2 rings (SSSR count). The van der Waals surface area contributed by atoms with Crippen LogP contribution in [-0.2, 0) is 10.0 Å². The van der Waals surface area contributed by atoms with Gasteiger partial charge in [-0.05, 0) is 25.0 Å². The van der Waals surface area contributed by atoms with E-state index in [1.54, 1.807) is 24.4 Å². The lowest BCUT2D eigenvalue weighted by Gasteiger charge is -2.22. The van der Waals surface area contributed by atoms with Gasteiger partial charge < -0.3 is 0 Å². The van der Waals surface area contributed by atoms with Crippen LogP contribution in [0.3, 0.4) is 0 Å². The molecule has 0 aliphatic heterocycles. The van der Waals surface area contributed by atoms with Crippen LogP contribution in [0, 0.1) is 5.92 Å². The number of aromatic nitrogens is 2. The molecular weight excluding hydrogens is 310 g/mol. The Morgan fingerprint density at radius 1 is 1.33 bits per heavy atom. The van der Waals surface area contributed by atoms with Gasteiger partial charge in [-0.3, -0.25) is 4.40 Å². The number of pyridine rings is 1. The molecule has 5 nitrogen and oxygen atoms in total. The highest BCUT2D eigenvalue weighted by molar-refractivity contribution is 7.89. The van der Waals surface area contributed by atoms with E-state index in [1.165, 1.54) is 4.40 Å². The van der Waals surface area contributed by atoms with Crippen molar-refractivity contribution < 1.29 is 8.42 Å². The van der Waals surface area contributed by atoms with Crippen LogP contribution in [0.25, 0.3) is 5.65 Å². The van der Waals surface area contributed by atoms with Gasteiger partial charge in [0.2, 0.25) is 0 Å². The molecule has 116 valence electrons. The number of hydrogen-bond donors (Lipinski definition) is 1. The van der Waals surface area contributed by atoms with Crippen molar-refractivity contribution in [2.45, 2.75) is 44.7 Å². The molecule has 21 heavy (non-hydrogen) atoms. The summed E-state index contributed by atoms with van der Waals surface area (Å²) in [4.78, 5) is 4.08. The van der Waals surface area contributed by atoms with E-state index in [4.69, 9.17) is 11.6 Å². The lowest BCUT2D eigenvalue weighted by Crippen LogP contribution is -2.38. The topological polar surface area (TPSA) is 63.5 Å². The van der Waals surface area contributed by atoms with Crippen molar-refractivity contribution in [2.75, 3.05) is 0 Å². The molecule has 0 saturated heterocycles. The van der Waals surface area contributed by atoms with Crippen LogP contribution in [0.1, 0.15) is 33.6 Å². The molecule has 1 atom stereocenters.